The Balaban J connectivity index is 1.54. The maximum atomic E-state index is 12.2. The van der Waals surface area contributed by atoms with E-state index in [1.54, 1.807) is 44.4 Å². The maximum absolute atomic E-state index is 12.2. The molecule has 0 spiro atoms. The van der Waals surface area contributed by atoms with Crippen molar-refractivity contribution in [2.45, 2.75) is 39.3 Å². The van der Waals surface area contributed by atoms with Gasteiger partial charge in [-0.05, 0) is 50.6 Å². The smallest absolute Gasteiger partial charge is 0.417 e. The second-order valence-corrected chi connectivity index (χ2v) is 8.12. The molecule has 34 heavy (non-hydrogen) atoms. The number of pyridine rings is 1. The van der Waals surface area contributed by atoms with Crippen molar-refractivity contribution in [2.24, 2.45) is 0 Å². The van der Waals surface area contributed by atoms with Gasteiger partial charge in [-0.2, -0.15) is 19.9 Å². The van der Waals surface area contributed by atoms with Crippen LogP contribution in [0, 0.1) is 6.92 Å². The first-order chi connectivity index (χ1) is 16.4. The van der Waals surface area contributed by atoms with Crippen LogP contribution in [0.1, 0.15) is 37.7 Å². The summed E-state index contributed by atoms with van der Waals surface area (Å²) >= 11 is 5.92. The van der Waals surface area contributed by atoms with Crippen LogP contribution in [0.15, 0.2) is 36.4 Å². The predicted molar refractivity (Wildman–Crippen MR) is 127 cm³/mol. The van der Waals surface area contributed by atoms with Crippen LogP contribution < -0.4 is 19.7 Å². The van der Waals surface area contributed by atoms with Crippen molar-refractivity contribution in [3.05, 3.63) is 52.8 Å². The quantitative estimate of drug-likeness (QED) is 0.475. The fourth-order valence-corrected chi connectivity index (χ4v) is 3.65. The third-order valence-electron chi connectivity index (χ3n) is 5.29. The molecule has 1 aromatic carbocycles. The van der Waals surface area contributed by atoms with Gasteiger partial charge in [0.05, 0.1) is 19.2 Å². The summed E-state index contributed by atoms with van der Waals surface area (Å²) in [7, 11) is 1.54. The molecule has 11 heteroatoms. The van der Waals surface area contributed by atoms with Gasteiger partial charge < -0.3 is 19.5 Å². The average molecular weight is 485 g/mol. The molecular formula is C23H25ClN6O4. The molecule has 1 unspecified atom stereocenters. The molecule has 0 bridgehead atoms. The molecule has 1 fully saturated rings. The summed E-state index contributed by atoms with van der Waals surface area (Å²) in [5.41, 5.74) is 0.776. The highest BCUT2D eigenvalue weighted by Gasteiger charge is 2.35. The molecule has 1 N–H and O–H groups in total. The molecular weight excluding hydrogens is 460 g/mol. The number of ether oxygens (including phenoxy) is 3. The van der Waals surface area contributed by atoms with Gasteiger partial charge in [-0.25, -0.2) is 9.69 Å². The maximum Gasteiger partial charge on any atom is 0.417 e. The van der Waals surface area contributed by atoms with Crippen LogP contribution in [0.5, 0.6) is 17.5 Å². The normalized spacial score (nSPS) is 16.2. The summed E-state index contributed by atoms with van der Waals surface area (Å²) < 4.78 is 16.5. The number of aryl methyl sites for hydroxylation is 1. The summed E-state index contributed by atoms with van der Waals surface area (Å²) in [6, 6.07) is 10.2. The molecule has 178 valence electrons. The Morgan fingerprint density at radius 3 is 2.65 bits per heavy atom. The van der Waals surface area contributed by atoms with E-state index in [-0.39, 0.29) is 18.0 Å². The lowest BCUT2D eigenvalue weighted by Crippen LogP contribution is -2.34. The number of nitrogens with zero attached hydrogens (tertiary/aromatic N) is 5. The average Bonchev–Trinajstić information content (AvgIpc) is 3.20. The minimum Gasteiger partial charge on any atom is -0.481 e. The number of cyclic esters (lactones) is 1. The van der Waals surface area contributed by atoms with Crippen molar-refractivity contribution >= 4 is 29.6 Å². The Labute approximate surface area is 202 Å². The number of aromatic nitrogens is 4. The monoisotopic (exact) mass is 484 g/mol. The number of benzene rings is 1. The lowest BCUT2D eigenvalue weighted by atomic mass is 10.1. The first kappa shape index (κ1) is 23.5. The molecule has 2 atom stereocenters. The Morgan fingerprint density at radius 2 is 1.94 bits per heavy atom. The van der Waals surface area contributed by atoms with Crippen molar-refractivity contribution in [3.8, 4) is 17.5 Å². The number of amides is 1. The van der Waals surface area contributed by atoms with Gasteiger partial charge in [0.1, 0.15) is 18.2 Å². The van der Waals surface area contributed by atoms with E-state index in [9.17, 15) is 4.79 Å². The van der Waals surface area contributed by atoms with Crippen LogP contribution in [-0.4, -0.2) is 45.8 Å². The van der Waals surface area contributed by atoms with Crippen molar-refractivity contribution < 1.29 is 19.0 Å². The standard InChI is InChI=1S/C23H25ClN6O4/c1-5-16-12-33-23(31)30(16)22-27-14(3)26-21(29-22)25-13(2)18-10-11-19(28-20(18)32-4)34-17-8-6-15(24)7-9-17/h6-11,13,16H,5,12H2,1-4H3,(H,25,26,27,29)/t13-,16?/m0/s1. The molecule has 3 heterocycles. The zero-order valence-corrected chi connectivity index (χ0v) is 20.0. The van der Waals surface area contributed by atoms with E-state index in [0.29, 0.717) is 40.9 Å². The minimum atomic E-state index is -0.460. The van der Waals surface area contributed by atoms with Gasteiger partial charge >= 0.3 is 6.09 Å². The van der Waals surface area contributed by atoms with E-state index >= 15 is 0 Å². The highest BCUT2D eigenvalue weighted by Crippen LogP contribution is 2.30. The number of hydrogen-bond donors (Lipinski definition) is 1. The number of anilines is 2. The Bertz CT molecular complexity index is 1180. The minimum absolute atomic E-state index is 0.114. The van der Waals surface area contributed by atoms with Gasteiger partial charge in [0.2, 0.25) is 23.7 Å². The summed E-state index contributed by atoms with van der Waals surface area (Å²) in [5.74, 6) is 2.45. The number of hydrogen-bond acceptors (Lipinski definition) is 9. The van der Waals surface area contributed by atoms with E-state index in [0.717, 1.165) is 12.0 Å². The van der Waals surface area contributed by atoms with Crippen LogP contribution >= 0.6 is 11.6 Å². The number of carbonyl (C=O) groups is 1. The molecule has 1 aliphatic heterocycles. The highest BCUT2D eigenvalue weighted by atomic mass is 35.5. The van der Waals surface area contributed by atoms with Gasteiger partial charge in [0.25, 0.3) is 0 Å². The van der Waals surface area contributed by atoms with E-state index in [1.807, 2.05) is 19.9 Å². The van der Waals surface area contributed by atoms with Crippen LogP contribution in [0.25, 0.3) is 0 Å². The van der Waals surface area contributed by atoms with E-state index in [1.165, 1.54) is 4.90 Å². The number of halogens is 1. The summed E-state index contributed by atoms with van der Waals surface area (Å²) in [6.45, 7) is 5.96. The van der Waals surface area contributed by atoms with Gasteiger partial charge in [0.15, 0.2) is 0 Å². The van der Waals surface area contributed by atoms with Crippen molar-refractivity contribution in [1.29, 1.82) is 0 Å². The van der Waals surface area contributed by atoms with Crippen LogP contribution in [0.4, 0.5) is 16.7 Å². The third-order valence-corrected chi connectivity index (χ3v) is 5.54. The molecule has 0 aliphatic carbocycles. The van der Waals surface area contributed by atoms with Crippen LogP contribution in [0.2, 0.25) is 5.02 Å². The Hall–Kier alpha value is -3.66. The number of carbonyl (C=O) groups excluding carboxylic acids is 1. The van der Waals surface area contributed by atoms with Crippen LogP contribution in [-0.2, 0) is 4.74 Å². The topological polar surface area (TPSA) is 112 Å². The van der Waals surface area contributed by atoms with Crippen molar-refractivity contribution in [3.63, 3.8) is 0 Å². The fraction of sp³-hybridized carbons (Fsp3) is 0.348. The SMILES string of the molecule is CCC1COC(=O)N1c1nc(C)nc(N[C@@H](C)c2ccc(Oc3ccc(Cl)cc3)nc2OC)n1. The summed E-state index contributed by atoms with van der Waals surface area (Å²) in [6.07, 6.45) is 0.266. The lowest BCUT2D eigenvalue weighted by molar-refractivity contribution is 0.178. The number of nitrogens with one attached hydrogen (secondary N) is 1. The molecule has 4 rings (SSSR count). The Kier molecular flexibility index (Phi) is 6.97. The summed E-state index contributed by atoms with van der Waals surface area (Å²) in [5, 5.41) is 3.87. The molecule has 1 aliphatic rings. The van der Waals surface area contributed by atoms with Gasteiger partial charge in [-0.15, -0.1) is 0 Å². The number of methoxy groups -OCH3 is 1. The highest BCUT2D eigenvalue weighted by molar-refractivity contribution is 6.30. The second-order valence-electron chi connectivity index (χ2n) is 7.69. The molecule has 10 nitrogen and oxygen atoms in total. The van der Waals surface area contributed by atoms with Gasteiger partial charge in [0, 0.05) is 16.7 Å². The van der Waals surface area contributed by atoms with Crippen molar-refractivity contribution in [2.75, 3.05) is 23.9 Å². The largest absolute Gasteiger partial charge is 0.481 e. The number of rotatable bonds is 8. The van der Waals surface area contributed by atoms with E-state index in [2.05, 4.69) is 25.3 Å². The second kappa shape index (κ2) is 10.1. The molecule has 2 aromatic heterocycles. The lowest BCUT2D eigenvalue weighted by Gasteiger charge is -2.20. The van der Waals surface area contributed by atoms with Gasteiger partial charge in [-0.1, -0.05) is 18.5 Å². The van der Waals surface area contributed by atoms with Crippen LogP contribution in [0.3, 0.4) is 0 Å². The Morgan fingerprint density at radius 1 is 1.18 bits per heavy atom. The third kappa shape index (κ3) is 5.12. The zero-order valence-electron chi connectivity index (χ0n) is 19.3. The molecule has 1 amide bonds. The first-order valence-corrected chi connectivity index (χ1v) is 11.2. The fourth-order valence-electron chi connectivity index (χ4n) is 3.52. The predicted octanol–water partition coefficient (Wildman–Crippen LogP) is 4.94. The van der Waals surface area contributed by atoms with Gasteiger partial charge in [-0.3, -0.25) is 0 Å². The summed E-state index contributed by atoms with van der Waals surface area (Å²) in [4.78, 5) is 31.3. The first-order valence-electron chi connectivity index (χ1n) is 10.8. The van der Waals surface area contributed by atoms with Crippen molar-refractivity contribution in [1.82, 2.24) is 19.9 Å². The van der Waals surface area contributed by atoms with E-state index in [4.69, 9.17) is 25.8 Å². The molecule has 0 radical (unpaired) electrons. The molecule has 0 saturated carbocycles. The van der Waals surface area contributed by atoms with E-state index < -0.39 is 6.09 Å². The molecule has 3 aromatic rings. The molecule has 1 saturated heterocycles. The zero-order chi connectivity index (χ0) is 24.2.